The molecule has 0 bridgehead atoms. The van der Waals surface area contributed by atoms with E-state index in [1.54, 1.807) is 25.3 Å². The summed E-state index contributed by atoms with van der Waals surface area (Å²) in [6.07, 6.45) is 1.66. The number of carbonyl (C=O) groups is 2. The van der Waals surface area contributed by atoms with E-state index in [4.69, 9.17) is 4.74 Å². The highest BCUT2D eigenvalue weighted by Gasteiger charge is 2.19. The van der Waals surface area contributed by atoms with Crippen LogP contribution in [-0.2, 0) is 4.74 Å². The fourth-order valence-corrected chi connectivity index (χ4v) is 2.80. The van der Waals surface area contributed by atoms with Gasteiger partial charge in [0.05, 0.1) is 28.3 Å². The molecular weight excluding hydrogens is 362 g/mol. The standard InChI is InChI=1S/C20H17N3O5/c1-3-28-20(25)14-9-13(10-15(11-14)23(26)27)19(24)22-17-7-6-12(2)18-16(17)5-4-8-21-18/h4-11H,3H2,1-2H3,(H,22,24). The summed E-state index contributed by atoms with van der Waals surface area (Å²) in [5, 5.41) is 14.7. The van der Waals surface area contributed by atoms with Gasteiger partial charge in [0.25, 0.3) is 11.6 Å². The maximum absolute atomic E-state index is 12.7. The molecule has 2 aromatic carbocycles. The molecule has 0 aliphatic rings. The van der Waals surface area contributed by atoms with E-state index in [2.05, 4.69) is 10.3 Å². The molecule has 0 aliphatic carbocycles. The quantitative estimate of drug-likeness (QED) is 0.409. The predicted octanol–water partition coefficient (Wildman–Crippen LogP) is 3.88. The first-order valence-electron chi connectivity index (χ1n) is 8.53. The van der Waals surface area contributed by atoms with Crippen molar-refractivity contribution in [2.75, 3.05) is 11.9 Å². The minimum atomic E-state index is -0.731. The number of pyridine rings is 1. The largest absolute Gasteiger partial charge is 0.462 e. The third-order valence-corrected chi connectivity index (χ3v) is 4.12. The highest BCUT2D eigenvalue weighted by Crippen LogP contribution is 2.26. The van der Waals surface area contributed by atoms with Crippen LogP contribution < -0.4 is 5.32 Å². The summed E-state index contributed by atoms with van der Waals surface area (Å²) in [5.74, 6) is -1.31. The van der Waals surface area contributed by atoms with Gasteiger partial charge >= 0.3 is 5.97 Å². The van der Waals surface area contributed by atoms with Crippen LogP contribution in [0.2, 0.25) is 0 Å². The lowest BCUT2D eigenvalue weighted by atomic mass is 10.1. The lowest BCUT2D eigenvalue weighted by molar-refractivity contribution is -0.384. The first kappa shape index (κ1) is 19.0. The molecule has 1 aromatic heterocycles. The van der Waals surface area contributed by atoms with E-state index in [0.29, 0.717) is 5.69 Å². The fraction of sp³-hybridized carbons (Fsp3) is 0.150. The minimum Gasteiger partial charge on any atom is -0.462 e. The summed E-state index contributed by atoms with van der Waals surface area (Å²) in [6.45, 7) is 3.65. The van der Waals surface area contributed by atoms with E-state index in [-0.39, 0.29) is 23.4 Å². The van der Waals surface area contributed by atoms with Crippen molar-refractivity contribution >= 4 is 34.2 Å². The van der Waals surface area contributed by atoms with Crippen LogP contribution in [-0.4, -0.2) is 28.4 Å². The molecule has 0 saturated carbocycles. The van der Waals surface area contributed by atoms with Crippen molar-refractivity contribution < 1.29 is 19.2 Å². The van der Waals surface area contributed by atoms with Crippen LogP contribution in [0.5, 0.6) is 0 Å². The Balaban J connectivity index is 2.00. The van der Waals surface area contributed by atoms with Crippen LogP contribution in [0.25, 0.3) is 10.9 Å². The summed E-state index contributed by atoms with van der Waals surface area (Å²) < 4.78 is 4.89. The number of carbonyl (C=O) groups excluding carboxylic acids is 2. The average molecular weight is 379 g/mol. The van der Waals surface area contributed by atoms with Gasteiger partial charge in [-0.2, -0.15) is 0 Å². The molecule has 3 aromatic rings. The van der Waals surface area contributed by atoms with Gasteiger partial charge in [0.15, 0.2) is 0 Å². The van der Waals surface area contributed by atoms with Crippen LogP contribution in [0.3, 0.4) is 0 Å². The number of non-ortho nitro benzene ring substituents is 1. The SMILES string of the molecule is CCOC(=O)c1cc(C(=O)Nc2ccc(C)c3ncccc23)cc([N+](=O)[O-])c1. The second-order valence-electron chi connectivity index (χ2n) is 6.03. The fourth-order valence-electron chi connectivity index (χ4n) is 2.80. The number of nitro groups is 1. The Morgan fingerprint density at radius 1 is 1.18 bits per heavy atom. The van der Waals surface area contributed by atoms with Gasteiger partial charge in [-0.15, -0.1) is 0 Å². The number of hydrogen-bond donors (Lipinski definition) is 1. The number of nitrogens with one attached hydrogen (secondary N) is 1. The Morgan fingerprint density at radius 2 is 1.93 bits per heavy atom. The lowest BCUT2D eigenvalue weighted by Gasteiger charge is -2.11. The third-order valence-electron chi connectivity index (χ3n) is 4.12. The van der Waals surface area contributed by atoms with E-state index >= 15 is 0 Å². The first-order valence-corrected chi connectivity index (χ1v) is 8.53. The van der Waals surface area contributed by atoms with Crippen molar-refractivity contribution in [1.29, 1.82) is 0 Å². The zero-order valence-electron chi connectivity index (χ0n) is 15.3. The molecule has 142 valence electrons. The van der Waals surface area contributed by atoms with E-state index in [9.17, 15) is 19.7 Å². The number of nitrogens with zero attached hydrogens (tertiary/aromatic N) is 2. The second-order valence-corrected chi connectivity index (χ2v) is 6.03. The first-order chi connectivity index (χ1) is 13.4. The Kier molecular flexibility index (Phi) is 5.30. The molecule has 1 amide bonds. The van der Waals surface area contributed by atoms with Gasteiger partial charge in [-0.25, -0.2) is 4.79 Å². The summed E-state index contributed by atoms with van der Waals surface area (Å²) in [7, 11) is 0. The molecule has 1 N–H and O–H groups in total. The molecule has 0 saturated heterocycles. The molecule has 0 spiro atoms. The van der Waals surface area contributed by atoms with Gasteiger partial charge in [-0.05, 0) is 43.7 Å². The van der Waals surface area contributed by atoms with Crippen molar-refractivity contribution in [1.82, 2.24) is 4.98 Å². The molecule has 0 aliphatic heterocycles. The van der Waals surface area contributed by atoms with Crippen molar-refractivity contribution in [2.45, 2.75) is 13.8 Å². The van der Waals surface area contributed by atoms with Crippen LogP contribution in [0.4, 0.5) is 11.4 Å². The number of esters is 1. The summed E-state index contributed by atoms with van der Waals surface area (Å²) in [6, 6.07) is 10.6. The Morgan fingerprint density at radius 3 is 2.64 bits per heavy atom. The number of aromatic nitrogens is 1. The zero-order chi connectivity index (χ0) is 20.3. The molecule has 0 atom stereocenters. The second kappa shape index (κ2) is 7.83. The zero-order valence-corrected chi connectivity index (χ0v) is 15.3. The molecule has 0 radical (unpaired) electrons. The van der Waals surface area contributed by atoms with Crippen molar-refractivity contribution in [3.8, 4) is 0 Å². The van der Waals surface area contributed by atoms with Gasteiger partial charge in [-0.3, -0.25) is 19.9 Å². The minimum absolute atomic E-state index is 0.0186. The number of ether oxygens (including phenoxy) is 1. The molecule has 28 heavy (non-hydrogen) atoms. The number of benzene rings is 2. The highest BCUT2D eigenvalue weighted by atomic mass is 16.6. The summed E-state index contributed by atoms with van der Waals surface area (Å²) in [5.41, 5.74) is 1.76. The third kappa shape index (κ3) is 3.80. The molecule has 3 rings (SSSR count). The molecule has 0 unspecified atom stereocenters. The lowest BCUT2D eigenvalue weighted by Crippen LogP contribution is -2.14. The smallest absolute Gasteiger partial charge is 0.338 e. The number of aryl methyl sites for hydroxylation is 1. The van der Waals surface area contributed by atoms with Crippen molar-refractivity contribution in [3.63, 3.8) is 0 Å². The number of nitro benzene ring substituents is 1. The van der Waals surface area contributed by atoms with Gasteiger partial charge < -0.3 is 10.1 Å². The Labute approximate surface area is 160 Å². The van der Waals surface area contributed by atoms with Crippen LogP contribution in [0.1, 0.15) is 33.2 Å². The van der Waals surface area contributed by atoms with Crippen LogP contribution in [0.15, 0.2) is 48.7 Å². The maximum atomic E-state index is 12.7. The molecule has 1 heterocycles. The van der Waals surface area contributed by atoms with E-state index in [1.807, 2.05) is 19.1 Å². The van der Waals surface area contributed by atoms with Gasteiger partial charge in [-0.1, -0.05) is 6.07 Å². The Hall–Kier alpha value is -3.81. The number of amides is 1. The summed E-state index contributed by atoms with van der Waals surface area (Å²) >= 11 is 0. The molecule has 8 nitrogen and oxygen atoms in total. The predicted molar refractivity (Wildman–Crippen MR) is 103 cm³/mol. The normalized spacial score (nSPS) is 10.5. The number of rotatable bonds is 5. The van der Waals surface area contributed by atoms with E-state index in [1.165, 1.54) is 6.07 Å². The highest BCUT2D eigenvalue weighted by molar-refractivity contribution is 6.10. The van der Waals surface area contributed by atoms with Gasteiger partial charge in [0.1, 0.15) is 0 Å². The average Bonchev–Trinajstić information content (AvgIpc) is 2.70. The number of fused-ring (bicyclic) bond motifs is 1. The molecular formula is C20H17N3O5. The number of anilines is 1. The van der Waals surface area contributed by atoms with Crippen LogP contribution in [0, 0.1) is 17.0 Å². The molecule has 0 fully saturated rings. The Bertz CT molecular complexity index is 1090. The summed E-state index contributed by atoms with van der Waals surface area (Å²) in [4.78, 5) is 39.6. The van der Waals surface area contributed by atoms with E-state index in [0.717, 1.165) is 28.6 Å². The van der Waals surface area contributed by atoms with Crippen molar-refractivity contribution in [3.05, 3.63) is 75.5 Å². The van der Waals surface area contributed by atoms with Crippen molar-refractivity contribution in [2.24, 2.45) is 0 Å². The van der Waals surface area contributed by atoms with Gasteiger partial charge in [0.2, 0.25) is 0 Å². The number of hydrogen-bond acceptors (Lipinski definition) is 6. The molecule has 8 heteroatoms. The van der Waals surface area contributed by atoms with Crippen LogP contribution >= 0.6 is 0 Å². The van der Waals surface area contributed by atoms with E-state index < -0.39 is 16.8 Å². The maximum Gasteiger partial charge on any atom is 0.338 e. The topological polar surface area (TPSA) is 111 Å². The van der Waals surface area contributed by atoms with Gasteiger partial charge in [0, 0.05) is 29.3 Å². The monoisotopic (exact) mass is 379 g/mol.